The average molecular weight is 293 g/mol. The van der Waals surface area contributed by atoms with Crippen LogP contribution in [0, 0.1) is 0 Å². The third kappa shape index (κ3) is 3.89. The molecular weight excluding hydrogens is 278 g/mol. The molecule has 2 rings (SSSR count). The molecule has 7 nitrogen and oxygen atoms in total. The van der Waals surface area contributed by atoms with E-state index in [0.29, 0.717) is 17.5 Å². The van der Waals surface area contributed by atoms with Crippen LogP contribution < -0.4 is 15.9 Å². The van der Waals surface area contributed by atoms with Gasteiger partial charge in [-0.25, -0.2) is 4.68 Å². The van der Waals surface area contributed by atoms with Crippen molar-refractivity contribution < 1.29 is 9.53 Å². The number of nitrogens with two attached hydrogens (primary N) is 1. The van der Waals surface area contributed by atoms with Crippen molar-refractivity contribution >= 4 is 23.4 Å². The van der Waals surface area contributed by atoms with Crippen LogP contribution in [0.1, 0.15) is 6.92 Å². The highest BCUT2D eigenvalue weighted by molar-refractivity contribution is 7.99. The summed E-state index contributed by atoms with van der Waals surface area (Å²) in [5, 5.41) is 10.7. The molecular formula is C12H15N5O2S. The summed E-state index contributed by atoms with van der Waals surface area (Å²) in [6.07, 6.45) is 1.38. The van der Waals surface area contributed by atoms with Gasteiger partial charge < -0.3 is 15.9 Å². The van der Waals surface area contributed by atoms with Gasteiger partial charge in [0, 0.05) is 5.69 Å². The predicted molar refractivity (Wildman–Crippen MR) is 77.1 cm³/mol. The van der Waals surface area contributed by atoms with Gasteiger partial charge in [0.2, 0.25) is 11.1 Å². The zero-order valence-electron chi connectivity index (χ0n) is 10.9. The Bertz CT molecular complexity index is 569. The van der Waals surface area contributed by atoms with Gasteiger partial charge in [-0.15, -0.1) is 10.2 Å². The van der Waals surface area contributed by atoms with Crippen molar-refractivity contribution in [1.29, 1.82) is 0 Å². The molecule has 1 heterocycles. The third-order valence-corrected chi connectivity index (χ3v) is 3.28. The van der Waals surface area contributed by atoms with Gasteiger partial charge in [0.25, 0.3) is 0 Å². The molecule has 0 aliphatic carbocycles. The Morgan fingerprint density at radius 1 is 1.45 bits per heavy atom. The quantitative estimate of drug-likeness (QED) is 0.612. The molecule has 0 fully saturated rings. The lowest BCUT2D eigenvalue weighted by Gasteiger charge is -2.06. The Balaban J connectivity index is 1.83. The van der Waals surface area contributed by atoms with Crippen molar-refractivity contribution in [2.24, 2.45) is 0 Å². The second kappa shape index (κ2) is 6.80. The largest absolute Gasteiger partial charge is 0.494 e. The van der Waals surface area contributed by atoms with E-state index in [0.717, 1.165) is 5.75 Å². The van der Waals surface area contributed by atoms with E-state index in [1.165, 1.54) is 22.8 Å². The van der Waals surface area contributed by atoms with Crippen LogP contribution in [0.25, 0.3) is 0 Å². The van der Waals surface area contributed by atoms with Crippen molar-refractivity contribution in [3.63, 3.8) is 0 Å². The highest BCUT2D eigenvalue weighted by Crippen LogP contribution is 2.17. The van der Waals surface area contributed by atoms with Crippen LogP contribution >= 0.6 is 11.8 Å². The number of carbonyl (C=O) groups is 1. The molecule has 1 aromatic heterocycles. The maximum absolute atomic E-state index is 11.8. The number of hydrogen-bond donors (Lipinski definition) is 2. The van der Waals surface area contributed by atoms with Crippen LogP contribution in [0.15, 0.2) is 35.7 Å². The minimum Gasteiger partial charge on any atom is -0.494 e. The summed E-state index contributed by atoms with van der Waals surface area (Å²) < 4.78 is 6.60. The second-order valence-electron chi connectivity index (χ2n) is 3.82. The number of rotatable bonds is 6. The highest BCUT2D eigenvalue weighted by atomic mass is 32.2. The standard InChI is InChI=1S/C12H15N5O2S/c1-2-19-10-5-3-9(4-6-10)15-11(18)7-20-12-16-14-8-17(12)13/h3-6,8H,2,7,13H2,1H3,(H,15,18). The molecule has 106 valence electrons. The van der Waals surface area contributed by atoms with Crippen molar-refractivity contribution in [3.8, 4) is 5.75 Å². The summed E-state index contributed by atoms with van der Waals surface area (Å²) in [6, 6.07) is 7.20. The number of amides is 1. The Labute approximate surface area is 120 Å². The van der Waals surface area contributed by atoms with Gasteiger partial charge in [0.1, 0.15) is 12.1 Å². The lowest BCUT2D eigenvalue weighted by atomic mass is 10.3. The molecule has 0 unspecified atom stereocenters. The van der Waals surface area contributed by atoms with Crippen molar-refractivity contribution in [3.05, 3.63) is 30.6 Å². The summed E-state index contributed by atoms with van der Waals surface area (Å²) in [4.78, 5) is 11.8. The van der Waals surface area contributed by atoms with Gasteiger partial charge in [0.15, 0.2) is 0 Å². The van der Waals surface area contributed by atoms with Crippen molar-refractivity contribution in [2.75, 3.05) is 23.5 Å². The number of benzene rings is 1. The van der Waals surface area contributed by atoms with E-state index in [2.05, 4.69) is 15.5 Å². The smallest absolute Gasteiger partial charge is 0.234 e. The lowest BCUT2D eigenvalue weighted by molar-refractivity contribution is -0.113. The summed E-state index contributed by atoms with van der Waals surface area (Å²) >= 11 is 1.22. The van der Waals surface area contributed by atoms with Gasteiger partial charge in [-0.1, -0.05) is 11.8 Å². The maximum atomic E-state index is 11.8. The van der Waals surface area contributed by atoms with Crippen LogP contribution in [0.5, 0.6) is 5.75 Å². The normalized spacial score (nSPS) is 10.2. The minimum atomic E-state index is -0.137. The number of ether oxygens (including phenoxy) is 1. The van der Waals surface area contributed by atoms with E-state index in [-0.39, 0.29) is 11.7 Å². The zero-order chi connectivity index (χ0) is 14.4. The average Bonchev–Trinajstić information content (AvgIpc) is 2.84. The number of nitrogens with zero attached hydrogens (tertiary/aromatic N) is 3. The number of anilines is 1. The van der Waals surface area contributed by atoms with Gasteiger partial charge in [-0.2, -0.15) is 0 Å². The van der Waals surface area contributed by atoms with E-state index < -0.39 is 0 Å². The Morgan fingerprint density at radius 2 is 2.20 bits per heavy atom. The van der Waals surface area contributed by atoms with Crippen molar-refractivity contribution in [1.82, 2.24) is 14.9 Å². The molecule has 1 aromatic carbocycles. The van der Waals surface area contributed by atoms with Gasteiger partial charge >= 0.3 is 0 Å². The molecule has 0 aliphatic heterocycles. The molecule has 0 radical (unpaired) electrons. The molecule has 0 atom stereocenters. The molecule has 0 bridgehead atoms. The Morgan fingerprint density at radius 3 is 2.80 bits per heavy atom. The number of nitrogens with one attached hydrogen (secondary N) is 1. The zero-order valence-corrected chi connectivity index (χ0v) is 11.8. The van der Waals surface area contributed by atoms with E-state index in [4.69, 9.17) is 10.6 Å². The minimum absolute atomic E-state index is 0.137. The molecule has 2 aromatic rings. The Hall–Kier alpha value is -2.22. The summed E-state index contributed by atoms with van der Waals surface area (Å²) in [7, 11) is 0. The SMILES string of the molecule is CCOc1ccc(NC(=O)CSc2nncn2N)cc1. The van der Waals surface area contributed by atoms with Crippen LogP contribution in [0.2, 0.25) is 0 Å². The van der Waals surface area contributed by atoms with Crippen LogP contribution in [0.4, 0.5) is 5.69 Å². The van der Waals surface area contributed by atoms with Crippen LogP contribution in [-0.4, -0.2) is 33.1 Å². The monoisotopic (exact) mass is 293 g/mol. The summed E-state index contributed by atoms with van der Waals surface area (Å²) in [5.74, 6) is 6.40. The first-order valence-corrected chi connectivity index (χ1v) is 6.98. The molecule has 20 heavy (non-hydrogen) atoms. The fourth-order valence-electron chi connectivity index (χ4n) is 1.46. The Kier molecular flexibility index (Phi) is 4.83. The topological polar surface area (TPSA) is 95.1 Å². The van der Waals surface area contributed by atoms with E-state index in [1.807, 2.05) is 19.1 Å². The first-order chi connectivity index (χ1) is 9.69. The highest BCUT2D eigenvalue weighted by Gasteiger charge is 2.07. The predicted octanol–water partition coefficient (Wildman–Crippen LogP) is 1.12. The van der Waals surface area contributed by atoms with Crippen molar-refractivity contribution in [2.45, 2.75) is 12.1 Å². The maximum Gasteiger partial charge on any atom is 0.234 e. The lowest BCUT2D eigenvalue weighted by Crippen LogP contribution is -2.15. The number of aromatic nitrogens is 3. The van der Waals surface area contributed by atoms with Gasteiger partial charge in [-0.05, 0) is 31.2 Å². The fourth-order valence-corrected chi connectivity index (χ4v) is 2.10. The van der Waals surface area contributed by atoms with E-state index >= 15 is 0 Å². The first kappa shape index (κ1) is 14.2. The molecule has 0 saturated heterocycles. The summed E-state index contributed by atoms with van der Waals surface area (Å²) in [6.45, 7) is 2.53. The van der Waals surface area contributed by atoms with Gasteiger partial charge in [-0.3, -0.25) is 4.79 Å². The molecule has 3 N–H and O–H groups in total. The van der Waals surface area contributed by atoms with Gasteiger partial charge in [0.05, 0.1) is 12.4 Å². The number of nitrogen functional groups attached to an aromatic ring is 1. The second-order valence-corrected chi connectivity index (χ2v) is 4.76. The third-order valence-electron chi connectivity index (χ3n) is 2.32. The van der Waals surface area contributed by atoms with Crippen LogP contribution in [-0.2, 0) is 4.79 Å². The molecule has 8 heteroatoms. The summed E-state index contributed by atoms with van der Waals surface area (Å²) in [5.41, 5.74) is 0.716. The van der Waals surface area contributed by atoms with Crippen LogP contribution in [0.3, 0.4) is 0 Å². The van der Waals surface area contributed by atoms with E-state index in [9.17, 15) is 4.79 Å². The number of hydrogen-bond acceptors (Lipinski definition) is 6. The van der Waals surface area contributed by atoms with E-state index in [1.54, 1.807) is 12.1 Å². The number of thioether (sulfide) groups is 1. The number of carbonyl (C=O) groups excluding carboxylic acids is 1. The molecule has 0 spiro atoms. The fraction of sp³-hybridized carbons (Fsp3) is 0.250. The molecule has 0 saturated carbocycles. The molecule has 0 aliphatic rings. The molecule has 1 amide bonds. The first-order valence-electron chi connectivity index (χ1n) is 5.99.